The number of carbonyl (C=O) groups excluding carboxylic acids is 1. The summed E-state index contributed by atoms with van der Waals surface area (Å²) in [5.41, 5.74) is 2.92. The Morgan fingerprint density at radius 3 is 2.52 bits per heavy atom. The smallest absolute Gasteiger partial charge is 0.333 e. The molecule has 1 aromatic rings. The van der Waals surface area contributed by atoms with Crippen LogP contribution in [-0.4, -0.2) is 54.8 Å². The number of aliphatic carboxylic acids is 1. The number of rotatable bonds is 9. The van der Waals surface area contributed by atoms with Crippen LogP contribution in [0.2, 0.25) is 0 Å². The molecule has 1 aliphatic rings. The van der Waals surface area contributed by atoms with Crippen molar-refractivity contribution in [3.63, 3.8) is 0 Å². The molecule has 1 aliphatic heterocycles. The van der Waals surface area contributed by atoms with Gasteiger partial charge in [-0.3, -0.25) is 4.79 Å². The largest absolute Gasteiger partial charge is 0.492 e. The number of carboxylic acids is 1. The lowest BCUT2D eigenvalue weighted by Gasteiger charge is -2.17. The van der Waals surface area contributed by atoms with Crippen LogP contribution in [0.1, 0.15) is 25.8 Å². The molecule has 1 amide bonds. The summed E-state index contributed by atoms with van der Waals surface area (Å²) < 4.78 is 10.6. The standard InChI is InChI=1S/C19H25NO5/c1-4-16-13(2)12-20(18(16)21)9-10-25-15-7-5-14(6-8-15)11-17(24-3)19(22)23/h5-8,17H,4,9-12H2,1-3H3,(H,22,23). The highest BCUT2D eigenvalue weighted by Gasteiger charge is 2.26. The van der Waals surface area contributed by atoms with E-state index in [4.69, 9.17) is 14.6 Å². The Kier molecular flexibility index (Phi) is 6.58. The van der Waals surface area contributed by atoms with Crippen LogP contribution in [0.15, 0.2) is 35.4 Å². The van der Waals surface area contributed by atoms with E-state index >= 15 is 0 Å². The van der Waals surface area contributed by atoms with Crippen molar-refractivity contribution < 1.29 is 24.2 Å². The molecule has 136 valence electrons. The summed E-state index contributed by atoms with van der Waals surface area (Å²) >= 11 is 0. The van der Waals surface area contributed by atoms with Gasteiger partial charge in [0.2, 0.25) is 5.91 Å². The second-order valence-corrected chi connectivity index (χ2v) is 6.10. The molecule has 2 rings (SSSR count). The van der Waals surface area contributed by atoms with Crippen molar-refractivity contribution in [3.8, 4) is 5.75 Å². The van der Waals surface area contributed by atoms with Crippen LogP contribution < -0.4 is 4.74 Å². The van der Waals surface area contributed by atoms with Crippen LogP contribution in [0.4, 0.5) is 0 Å². The number of carboxylic acid groups (broad SMARTS) is 1. The molecule has 0 saturated heterocycles. The molecule has 0 aromatic heterocycles. The fourth-order valence-electron chi connectivity index (χ4n) is 2.94. The van der Waals surface area contributed by atoms with Gasteiger partial charge in [-0.2, -0.15) is 0 Å². The summed E-state index contributed by atoms with van der Waals surface area (Å²) in [4.78, 5) is 25.0. The second-order valence-electron chi connectivity index (χ2n) is 6.10. The molecule has 0 aliphatic carbocycles. The maximum Gasteiger partial charge on any atom is 0.333 e. The van der Waals surface area contributed by atoms with Crippen LogP contribution in [-0.2, 0) is 20.7 Å². The Bertz CT molecular complexity index is 650. The third-order valence-electron chi connectivity index (χ3n) is 4.38. The Hall–Kier alpha value is -2.34. The Morgan fingerprint density at radius 1 is 1.32 bits per heavy atom. The van der Waals surface area contributed by atoms with E-state index in [2.05, 4.69) is 0 Å². The zero-order valence-corrected chi connectivity index (χ0v) is 14.9. The third-order valence-corrected chi connectivity index (χ3v) is 4.38. The van der Waals surface area contributed by atoms with E-state index in [9.17, 15) is 9.59 Å². The van der Waals surface area contributed by atoms with Gasteiger partial charge >= 0.3 is 5.97 Å². The number of ether oxygens (including phenoxy) is 2. The Morgan fingerprint density at radius 2 is 2.00 bits per heavy atom. The predicted molar refractivity (Wildman–Crippen MR) is 93.6 cm³/mol. The molecular formula is C19H25NO5. The third kappa shape index (κ3) is 4.82. The molecule has 1 heterocycles. The van der Waals surface area contributed by atoms with E-state index in [1.807, 2.05) is 26.0 Å². The Labute approximate surface area is 148 Å². The number of hydrogen-bond acceptors (Lipinski definition) is 4. The minimum absolute atomic E-state index is 0.109. The average molecular weight is 347 g/mol. The molecule has 0 fully saturated rings. The van der Waals surface area contributed by atoms with Gasteiger partial charge in [0, 0.05) is 25.6 Å². The van der Waals surface area contributed by atoms with Crippen molar-refractivity contribution in [2.45, 2.75) is 32.8 Å². The van der Waals surface area contributed by atoms with Crippen molar-refractivity contribution in [3.05, 3.63) is 41.0 Å². The zero-order chi connectivity index (χ0) is 18.4. The fourth-order valence-corrected chi connectivity index (χ4v) is 2.94. The maximum atomic E-state index is 12.2. The van der Waals surface area contributed by atoms with E-state index in [0.29, 0.717) is 31.9 Å². The van der Waals surface area contributed by atoms with Crippen LogP contribution in [0.25, 0.3) is 0 Å². The molecule has 0 spiro atoms. The van der Waals surface area contributed by atoms with Crippen molar-refractivity contribution in [1.29, 1.82) is 0 Å². The number of nitrogens with zero attached hydrogens (tertiary/aromatic N) is 1. The van der Waals surface area contributed by atoms with Crippen molar-refractivity contribution in [2.24, 2.45) is 0 Å². The average Bonchev–Trinajstić information content (AvgIpc) is 2.87. The van der Waals surface area contributed by atoms with Crippen molar-refractivity contribution in [2.75, 3.05) is 26.8 Å². The topological polar surface area (TPSA) is 76.1 Å². The lowest BCUT2D eigenvalue weighted by atomic mass is 10.1. The maximum absolute atomic E-state index is 12.2. The van der Waals surface area contributed by atoms with E-state index in [1.54, 1.807) is 17.0 Å². The molecule has 25 heavy (non-hydrogen) atoms. The molecule has 1 aromatic carbocycles. The molecule has 1 N–H and O–H groups in total. The highest BCUT2D eigenvalue weighted by molar-refractivity contribution is 5.96. The quantitative estimate of drug-likeness (QED) is 0.742. The van der Waals surface area contributed by atoms with Crippen molar-refractivity contribution in [1.82, 2.24) is 4.90 Å². The van der Waals surface area contributed by atoms with Gasteiger partial charge in [0.25, 0.3) is 0 Å². The number of amides is 1. The lowest BCUT2D eigenvalue weighted by molar-refractivity contribution is -0.148. The highest BCUT2D eigenvalue weighted by Crippen LogP contribution is 2.21. The number of carbonyl (C=O) groups is 2. The predicted octanol–water partition coefficient (Wildman–Crippen LogP) is 2.28. The SMILES string of the molecule is CCC1=C(C)CN(CCOc2ccc(CC(OC)C(=O)O)cc2)C1=O. The molecule has 6 heteroatoms. The van der Waals surface area contributed by atoms with E-state index in [0.717, 1.165) is 23.1 Å². The first-order valence-electron chi connectivity index (χ1n) is 8.41. The zero-order valence-electron chi connectivity index (χ0n) is 14.9. The fraction of sp³-hybridized carbons (Fsp3) is 0.474. The van der Waals surface area contributed by atoms with Crippen LogP contribution >= 0.6 is 0 Å². The van der Waals surface area contributed by atoms with Crippen LogP contribution in [0.3, 0.4) is 0 Å². The first-order chi connectivity index (χ1) is 12.0. The molecular weight excluding hydrogens is 322 g/mol. The van der Waals surface area contributed by atoms with E-state index < -0.39 is 12.1 Å². The number of hydrogen-bond donors (Lipinski definition) is 1. The van der Waals surface area contributed by atoms with Gasteiger partial charge in [0.05, 0.1) is 6.54 Å². The molecule has 1 unspecified atom stereocenters. The first kappa shape index (κ1) is 19.0. The minimum Gasteiger partial charge on any atom is -0.492 e. The van der Waals surface area contributed by atoms with Gasteiger partial charge in [0.1, 0.15) is 12.4 Å². The van der Waals surface area contributed by atoms with Crippen LogP contribution in [0.5, 0.6) is 5.75 Å². The molecule has 0 saturated carbocycles. The number of benzene rings is 1. The summed E-state index contributed by atoms with van der Waals surface area (Å²) in [6, 6.07) is 7.26. The lowest BCUT2D eigenvalue weighted by Crippen LogP contribution is -2.31. The van der Waals surface area contributed by atoms with Crippen molar-refractivity contribution >= 4 is 11.9 Å². The monoisotopic (exact) mass is 347 g/mol. The summed E-state index contributed by atoms with van der Waals surface area (Å²) in [5.74, 6) is -0.174. The van der Waals surface area contributed by atoms with E-state index in [1.165, 1.54) is 7.11 Å². The Balaban J connectivity index is 1.81. The van der Waals surface area contributed by atoms with Gasteiger partial charge in [-0.25, -0.2) is 4.79 Å². The van der Waals surface area contributed by atoms with Gasteiger partial charge in [-0.05, 0) is 36.6 Å². The molecule has 0 bridgehead atoms. The first-order valence-corrected chi connectivity index (χ1v) is 8.41. The molecule has 6 nitrogen and oxygen atoms in total. The summed E-state index contributed by atoms with van der Waals surface area (Å²) in [6.45, 7) is 5.65. The molecule has 1 atom stereocenters. The minimum atomic E-state index is -0.978. The second kappa shape index (κ2) is 8.67. The normalized spacial score (nSPS) is 15.6. The summed E-state index contributed by atoms with van der Waals surface area (Å²) in [6.07, 6.45) is 0.220. The van der Waals surface area contributed by atoms with Gasteiger partial charge in [-0.15, -0.1) is 0 Å². The molecule has 0 radical (unpaired) electrons. The number of methoxy groups -OCH3 is 1. The van der Waals surface area contributed by atoms with Gasteiger partial charge in [0.15, 0.2) is 6.10 Å². The van der Waals surface area contributed by atoms with Gasteiger partial charge < -0.3 is 19.5 Å². The van der Waals surface area contributed by atoms with Crippen LogP contribution in [0, 0.1) is 0 Å². The van der Waals surface area contributed by atoms with Gasteiger partial charge in [-0.1, -0.05) is 19.1 Å². The highest BCUT2D eigenvalue weighted by atomic mass is 16.5. The summed E-state index contributed by atoms with van der Waals surface area (Å²) in [5, 5.41) is 9.00. The van der Waals surface area contributed by atoms with E-state index in [-0.39, 0.29) is 5.91 Å². The summed E-state index contributed by atoms with van der Waals surface area (Å²) in [7, 11) is 1.39.